The van der Waals surface area contributed by atoms with E-state index in [1.54, 1.807) is 60.7 Å². The maximum Gasteiger partial charge on any atom is 0.343 e. The first-order valence-corrected chi connectivity index (χ1v) is 8.85. The molecule has 0 aromatic heterocycles. The second-order valence-corrected chi connectivity index (χ2v) is 6.01. The molecule has 27 heavy (non-hydrogen) atoms. The van der Waals surface area contributed by atoms with Crippen LogP contribution in [-0.2, 0) is 6.42 Å². The Morgan fingerprint density at radius 2 is 1.26 bits per heavy atom. The Morgan fingerprint density at radius 1 is 0.704 bits per heavy atom. The van der Waals surface area contributed by atoms with Crippen molar-refractivity contribution < 1.29 is 19.1 Å². The van der Waals surface area contributed by atoms with Gasteiger partial charge in [-0.15, -0.1) is 0 Å². The van der Waals surface area contributed by atoms with Gasteiger partial charge >= 0.3 is 11.9 Å². The van der Waals surface area contributed by atoms with E-state index in [0.29, 0.717) is 17.5 Å². The number of aryl methyl sites for hydroxylation is 1. The van der Waals surface area contributed by atoms with E-state index in [2.05, 4.69) is 0 Å². The number of para-hydroxylation sites is 1. The Morgan fingerprint density at radius 3 is 1.81 bits per heavy atom. The van der Waals surface area contributed by atoms with Crippen LogP contribution in [0.3, 0.4) is 0 Å². The first-order valence-electron chi connectivity index (χ1n) is 8.85. The predicted molar refractivity (Wildman–Crippen MR) is 103 cm³/mol. The average Bonchev–Trinajstić information content (AvgIpc) is 2.71. The molecule has 0 aliphatic rings. The summed E-state index contributed by atoms with van der Waals surface area (Å²) in [4.78, 5) is 24.9. The van der Waals surface area contributed by atoms with Crippen molar-refractivity contribution in [2.24, 2.45) is 0 Å². The summed E-state index contributed by atoms with van der Waals surface area (Å²) in [5.74, 6) is -0.464. The lowest BCUT2D eigenvalue weighted by molar-refractivity contribution is 0.0681. The molecule has 0 fully saturated rings. The number of benzene rings is 3. The zero-order chi connectivity index (χ0) is 19.1. The Bertz CT molecular complexity index is 918. The Balaban J connectivity index is 1.90. The second-order valence-electron chi connectivity index (χ2n) is 6.01. The summed E-state index contributed by atoms with van der Waals surface area (Å²) < 4.78 is 11.2. The number of esters is 2. The minimum Gasteiger partial charge on any atom is -0.419 e. The molecule has 3 aromatic carbocycles. The number of rotatable bonds is 6. The molecule has 136 valence electrons. The fourth-order valence-corrected chi connectivity index (χ4v) is 2.68. The van der Waals surface area contributed by atoms with E-state index in [9.17, 15) is 9.59 Å². The van der Waals surface area contributed by atoms with Crippen molar-refractivity contribution in [1.29, 1.82) is 0 Å². The highest BCUT2D eigenvalue weighted by Crippen LogP contribution is 2.33. The number of hydrogen-bond acceptors (Lipinski definition) is 4. The van der Waals surface area contributed by atoms with Gasteiger partial charge in [0.15, 0.2) is 11.5 Å². The molecule has 3 aromatic rings. The maximum absolute atomic E-state index is 12.5. The quantitative estimate of drug-likeness (QED) is 0.454. The van der Waals surface area contributed by atoms with Crippen LogP contribution in [-0.4, -0.2) is 11.9 Å². The molecule has 0 aliphatic heterocycles. The van der Waals surface area contributed by atoms with Crippen molar-refractivity contribution in [2.75, 3.05) is 0 Å². The van der Waals surface area contributed by atoms with Gasteiger partial charge in [-0.3, -0.25) is 0 Å². The molecule has 0 atom stereocenters. The third kappa shape index (κ3) is 4.61. The number of hydrogen-bond donors (Lipinski definition) is 0. The van der Waals surface area contributed by atoms with E-state index in [0.717, 1.165) is 12.0 Å². The van der Waals surface area contributed by atoms with Gasteiger partial charge in [-0.1, -0.05) is 61.9 Å². The van der Waals surface area contributed by atoms with Gasteiger partial charge in [-0.25, -0.2) is 9.59 Å². The summed E-state index contributed by atoms with van der Waals surface area (Å²) in [5.41, 5.74) is 1.68. The third-order valence-electron chi connectivity index (χ3n) is 4.00. The van der Waals surface area contributed by atoms with Crippen LogP contribution in [0.2, 0.25) is 0 Å². The van der Waals surface area contributed by atoms with E-state index in [-0.39, 0.29) is 11.5 Å². The van der Waals surface area contributed by atoms with E-state index >= 15 is 0 Å². The molecule has 0 unspecified atom stereocenters. The fourth-order valence-electron chi connectivity index (χ4n) is 2.68. The van der Waals surface area contributed by atoms with Gasteiger partial charge in [0, 0.05) is 0 Å². The van der Waals surface area contributed by atoms with Gasteiger partial charge in [0.25, 0.3) is 0 Å². The van der Waals surface area contributed by atoms with Crippen molar-refractivity contribution in [3.63, 3.8) is 0 Å². The fraction of sp³-hybridized carbons (Fsp3) is 0.130. The van der Waals surface area contributed by atoms with Crippen LogP contribution in [0.1, 0.15) is 39.6 Å². The zero-order valence-corrected chi connectivity index (χ0v) is 15.1. The number of ether oxygens (including phenoxy) is 2. The van der Waals surface area contributed by atoms with Gasteiger partial charge in [-0.2, -0.15) is 0 Å². The minimum absolute atomic E-state index is 0.235. The molecule has 0 saturated carbocycles. The van der Waals surface area contributed by atoms with Gasteiger partial charge in [0.2, 0.25) is 0 Å². The molecule has 0 radical (unpaired) electrons. The normalized spacial score (nSPS) is 10.3. The molecule has 0 bridgehead atoms. The van der Waals surface area contributed by atoms with Crippen LogP contribution in [0.4, 0.5) is 0 Å². The van der Waals surface area contributed by atoms with Crippen LogP contribution < -0.4 is 9.47 Å². The first-order chi connectivity index (χ1) is 13.2. The third-order valence-corrected chi connectivity index (χ3v) is 4.00. The van der Waals surface area contributed by atoms with Crippen LogP contribution in [0, 0.1) is 0 Å². The molecule has 4 heteroatoms. The van der Waals surface area contributed by atoms with Crippen molar-refractivity contribution >= 4 is 11.9 Å². The zero-order valence-electron chi connectivity index (χ0n) is 15.1. The molecule has 0 N–H and O–H groups in total. The molecule has 3 rings (SSSR count). The van der Waals surface area contributed by atoms with Crippen molar-refractivity contribution in [1.82, 2.24) is 0 Å². The van der Waals surface area contributed by atoms with E-state index in [1.165, 1.54) is 0 Å². The summed E-state index contributed by atoms with van der Waals surface area (Å²) in [6.45, 7) is 2.03. The molecular formula is C23H20O4. The van der Waals surface area contributed by atoms with Crippen LogP contribution >= 0.6 is 0 Å². The lowest BCUT2D eigenvalue weighted by atomic mass is 10.1. The second kappa shape index (κ2) is 8.81. The van der Waals surface area contributed by atoms with Crippen molar-refractivity contribution in [3.05, 3.63) is 95.6 Å². The lowest BCUT2D eigenvalue weighted by Gasteiger charge is -2.14. The van der Waals surface area contributed by atoms with Crippen LogP contribution in [0.5, 0.6) is 11.5 Å². The topological polar surface area (TPSA) is 52.6 Å². The van der Waals surface area contributed by atoms with E-state index in [1.807, 2.05) is 25.1 Å². The smallest absolute Gasteiger partial charge is 0.343 e. The molecule has 0 spiro atoms. The van der Waals surface area contributed by atoms with Gasteiger partial charge in [0.05, 0.1) is 11.1 Å². The van der Waals surface area contributed by atoms with Crippen LogP contribution in [0.25, 0.3) is 0 Å². The summed E-state index contributed by atoms with van der Waals surface area (Å²) in [5, 5.41) is 0. The van der Waals surface area contributed by atoms with Gasteiger partial charge < -0.3 is 9.47 Å². The highest BCUT2D eigenvalue weighted by Gasteiger charge is 2.19. The van der Waals surface area contributed by atoms with Gasteiger partial charge in [-0.05, 0) is 42.3 Å². The van der Waals surface area contributed by atoms with Crippen molar-refractivity contribution in [2.45, 2.75) is 19.8 Å². The minimum atomic E-state index is -0.499. The molecule has 0 aliphatic carbocycles. The SMILES string of the molecule is CCCc1cccc(OC(=O)c2ccccc2)c1OC(=O)c1ccccc1. The number of carbonyl (C=O) groups is 2. The van der Waals surface area contributed by atoms with Crippen molar-refractivity contribution in [3.8, 4) is 11.5 Å². The summed E-state index contributed by atoms with van der Waals surface area (Å²) in [6, 6.07) is 22.7. The lowest BCUT2D eigenvalue weighted by Crippen LogP contribution is -2.13. The Labute approximate surface area is 158 Å². The Kier molecular flexibility index (Phi) is 6.00. The summed E-state index contributed by atoms with van der Waals surface area (Å²) in [6.07, 6.45) is 1.57. The molecular weight excluding hydrogens is 340 g/mol. The van der Waals surface area contributed by atoms with Gasteiger partial charge in [0.1, 0.15) is 0 Å². The largest absolute Gasteiger partial charge is 0.419 e. The standard InChI is InChI=1S/C23H20O4/c1-2-10-17-15-9-16-20(26-22(24)18-11-5-3-6-12-18)21(17)27-23(25)19-13-7-4-8-14-19/h3-9,11-16H,2,10H2,1H3. The highest BCUT2D eigenvalue weighted by molar-refractivity contribution is 5.93. The average molecular weight is 360 g/mol. The predicted octanol–water partition coefficient (Wildman–Crippen LogP) is 5.08. The number of carbonyl (C=O) groups excluding carboxylic acids is 2. The highest BCUT2D eigenvalue weighted by atomic mass is 16.6. The summed E-state index contributed by atoms with van der Waals surface area (Å²) in [7, 11) is 0. The summed E-state index contributed by atoms with van der Waals surface area (Å²) >= 11 is 0. The Hall–Kier alpha value is -3.40. The molecule has 0 saturated heterocycles. The maximum atomic E-state index is 12.5. The molecule has 0 heterocycles. The van der Waals surface area contributed by atoms with E-state index in [4.69, 9.17) is 9.47 Å². The van der Waals surface area contributed by atoms with E-state index < -0.39 is 11.9 Å². The first kappa shape index (κ1) is 18.4. The molecule has 0 amide bonds. The monoisotopic (exact) mass is 360 g/mol. The molecule has 4 nitrogen and oxygen atoms in total. The van der Waals surface area contributed by atoms with Crippen LogP contribution in [0.15, 0.2) is 78.9 Å².